The molecule has 4 heteroatoms. The second kappa shape index (κ2) is 9.64. The van der Waals surface area contributed by atoms with Crippen molar-refractivity contribution in [3.63, 3.8) is 0 Å². The molecule has 1 N–H and O–H groups in total. The van der Waals surface area contributed by atoms with Gasteiger partial charge in [0.05, 0.1) is 19.3 Å². The van der Waals surface area contributed by atoms with Crippen molar-refractivity contribution in [3.8, 4) is 11.5 Å². The SMILES string of the molecule is CCCNC(COC)COc1cccc(OCC)c1. The Kier molecular flexibility index (Phi) is 8.02. The molecule has 1 atom stereocenters. The Labute approximate surface area is 116 Å². The van der Waals surface area contributed by atoms with E-state index in [2.05, 4.69) is 12.2 Å². The molecule has 0 radical (unpaired) electrons. The predicted octanol–water partition coefficient (Wildman–Crippen LogP) is 2.48. The average Bonchev–Trinajstić information content (AvgIpc) is 2.43. The van der Waals surface area contributed by atoms with Gasteiger partial charge >= 0.3 is 0 Å². The van der Waals surface area contributed by atoms with Gasteiger partial charge in [0, 0.05) is 13.2 Å². The summed E-state index contributed by atoms with van der Waals surface area (Å²) in [7, 11) is 1.70. The van der Waals surface area contributed by atoms with E-state index >= 15 is 0 Å². The minimum absolute atomic E-state index is 0.209. The van der Waals surface area contributed by atoms with E-state index in [1.807, 2.05) is 31.2 Å². The van der Waals surface area contributed by atoms with E-state index in [-0.39, 0.29) is 6.04 Å². The minimum Gasteiger partial charge on any atom is -0.494 e. The number of ether oxygens (including phenoxy) is 3. The Hall–Kier alpha value is -1.26. The number of hydrogen-bond donors (Lipinski definition) is 1. The Balaban J connectivity index is 2.45. The van der Waals surface area contributed by atoms with Crippen LogP contribution in [0.5, 0.6) is 11.5 Å². The molecule has 0 fully saturated rings. The highest BCUT2D eigenvalue weighted by Crippen LogP contribution is 2.19. The molecule has 108 valence electrons. The maximum Gasteiger partial charge on any atom is 0.123 e. The number of methoxy groups -OCH3 is 1. The monoisotopic (exact) mass is 267 g/mol. The lowest BCUT2D eigenvalue weighted by molar-refractivity contribution is 0.136. The first-order valence-corrected chi connectivity index (χ1v) is 6.88. The summed E-state index contributed by atoms with van der Waals surface area (Å²) in [5.41, 5.74) is 0. The lowest BCUT2D eigenvalue weighted by Gasteiger charge is -2.18. The largest absolute Gasteiger partial charge is 0.494 e. The van der Waals surface area contributed by atoms with Crippen LogP contribution in [0, 0.1) is 0 Å². The molecule has 0 aliphatic carbocycles. The third-order valence-corrected chi connectivity index (χ3v) is 2.62. The molecule has 0 bridgehead atoms. The molecule has 0 aliphatic rings. The molecule has 1 rings (SSSR count). The summed E-state index contributed by atoms with van der Waals surface area (Å²) in [5, 5.41) is 3.40. The van der Waals surface area contributed by atoms with E-state index in [0.717, 1.165) is 24.5 Å². The summed E-state index contributed by atoms with van der Waals surface area (Å²) in [6, 6.07) is 7.92. The number of benzene rings is 1. The van der Waals surface area contributed by atoms with Crippen LogP contribution in [-0.4, -0.2) is 39.5 Å². The smallest absolute Gasteiger partial charge is 0.123 e. The first kappa shape index (κ1) is 15.8. The van der Waals surface area contributed by atoms with E-state index in [1.165, 1.54) is 0 Å². The third kappa shape index (κ3) is 6.45. The van der Waals surface area contributed by atoms with Gasteiger partial charge in [-0.2, -0.15) is 0 Å². The van der Waals surface area contributed by atoms with E-state index < -0.39 is 0 Å². The highest BCUT2D eigenvalue weighted by molar-refractivity contribution is 5.32. The average molecular weight is 267 g/mol. The van der Waals surface area contributed by atoms with Crippen LogP contribution in [0.2, 0.25) is 0 Å². The number of rotatable bonds is 10. The van der Waals surface area contributed by atoms with E-state index in [9.17, 15) is 0 Å². The van der Waals surface area contributed by atoms with Crippen LogP contribution in [0.4, 0.5) is 0 Å². The summed E-state index contributed by atoms with van der Waals surface area (Å²) in [5.74, 6) is 1.66. The first-order valence-electron chi connectivity index (χ1n) is 6.88. The number of hydrogen-bond acceptors (Lipinski definition) is 4. The third-order valence-electron chi connectivity index (χ3n) is 2.62. The fourth-order valence-electron chi connectivity index (χ4n) is 1.73. The number of nitrogens with one attached hydrogen (secondary N) is 1. The summed E-state index contributed by atoms with van der Waals surface area (Å²) >= 11 is 0. The lowest BCUT2D eigenvalue weighted by Crippen LogP contribution is -2.38. The molecule has 0 spiro atoms. The van der Waals surface area contributed by atoms with Crippen LogP contribution in [0.15, 0.2) is 24.3 Å². The van der Waals surface area contributed by atoms with Crippen molar-refractivity contribution in [1.29, 1.82) is 0 Å². The van der Waals surface area contributed by atoms with Gasteiger partial charge in [-0.3, -0.25) is 0 Å². The molecule has 4 nitrogen and oxygen atoms in total. The molecule has 0 aliphatic heterocycles. The standard InChI is InChI=1S/C15H25NO3/c1-4-9-16-13(11-17-3)12-19-15-8-6-7-14(10-15)18-5-2/h6-8,10,13,16H,4-5,9,11-12H2,1-3H3. The Morgan fingerprint density at radius 1 is 1.11 bits per heavy atom. The van der Waals surface area contributed by atoms with Crippen molar-refractivity contribution in [1.82, 2.24) is 5.32 Å². The van der Waals surface area contributed by atoms with Crippen molar-refractivity contribution in [2.24, 2.45) is 0 Å². The van der Waals surface area contributed by atoms with Gasteiger partial charge in [0.15, 0.2) is 0 Å². The second-order valence-electron chi connectivity index (χ2n) is 4.33. The molecular weight excluding hydrogens is 242 g/mol. The van der Waals surface area contributed by atoms with Crippen LogP contribution in [0.3, 0.4) is 0 Å². The highest BCUT2D eigenvalue weighted by Gasteiger charge is 2.08. The van der Waals surface area contributed by atoms with Crippen LogP contribution >= 0.6 is 0 Å². The second-order valence-corrected chi connectivity index (χ2v) is 4.33. The zero-order valence-electron chi connectivity index (χ0n) is 12.1. The van der Waals surface area contributed by atoms with Gasteiger partial charge in [-0.25, -0.2) is 0 Å². The molecule has 0 saturated carbocycles. The first-order chi connectivity index (χ1) is 9.30. The van der Waals surface area contributed by atoms with Crippen LogP contribution in [-0.2, 0) is 4.74 Å². The molecule has 0 saturated heterocycles. The summed E-state index contributed by atoms with van der Waals surface area (Å²) < 4.78 is 16.4. The molecule has 0 aromatic heterocycles. The topological polar surface area (TPSA) is 39.7 Å². The Morgan fingerprint density at radius 2 is 1.84 bits per heavy atom. The van der Waals surface area contributed by atoms with Crippen molar-refractivity contribution in [3.05, 3.63) is 24.3 Å². The van der Waals surface area contributed by atoms with Gasteiger partial charge in [0.25, 0.3) is 0 Å². The van der Waals surface area contributed by atoms with Crippen LogP contribution < -0.4 is 14.8 Å². The van der Waals surface area contributed by atoms with Crippen LogP contribution in [0.1, 0.15) is 20.3 Å². The van der Waals surface area contributed by atoms with E-state index in [0.29, 0.717) is 19.8 Å². The van der Waals surface area contributed by atoms with Crippen LogP contribution in [0.25, 0.3) is 0 Å². The fourth-order valence-corrected chi connectivity index (χ4v) is 1.73. The molecule has 1 unspecified atom stereocenters. The highest BCUT2D eigenvalue weighted by atomic mass is 16.5. The van der Waals surface area contributed by atoms with Gasteiger partial charge in [0.1, 0.15) is 18.1 Å². The Morgan fingerprint density at radius 3 is 2.47 bits per heavy atom. The van der Waals surface area contributed by atoms with Crippen molar-refractivity contribution in [2.45, 2.75) is 26.3 Å². The van der Waals surface area contributed by atoms with Crippen molar-refractivity contribution in [2.75, 3.05) is 33.5 Å². The molecule has 0 amide bonds. The molecule has 19 heavy (non-hydrogen) atoms. The van der Waals surface area contributed by atoms with Gasteiger partial charge in [-0.05, 0) is 32.0 Å². The van der Waals surface area contributed by atoms with E-state index in [4.69, 9.17) is 14.2 Å². The predicted molar refractivity (Wildman–Crippen MR) is 77.1 cm³/mol. The van der Waals surface area contributed by atoms with Gasteiger partial charge < -0.3 is 19.5 Å². The van der Waals surface area contributed by atoms with Crippen molar-refractivity contribution >= 4 is 0 Å². The normalized spacial score (nSPS) is 12.2. The van der Waals surface area contributed by atoms with Gasteiger partial charge in [0.2, 0.25) is 0 Å². The molecule has 0 heterocycles. The van der Waals surface area contributed by atoms with Gasteiger partial charge in [-0.15, -0.1) is 0 Å². The molecule has 1 aromatic carbocycles. The Bertz CT molecular complexity index is 344. The molecule has 1 aromatic rings. The minimum atomic E-state index is 0.209. The maximum absolute atomic E-state index is 5.78. The maximum atomic E-state index is 5.78. The summed E-state index contributed by atoms with van der Waals surface area (Å²) in [6.45, 7) is 6.97. The zero-order chi connectivity index (χ0) is 13.9. The van der Waals surface area contributed by atoms with Crippen molar-refractivity contribution < 1.29 is 14.2 Å². The lowest BCUT2D eigenvalue weighted by atomic mass is 10.3. The summed E-state index contributed by atoms with van der Waals surface area (Å²) in [6.07, 6.45) is 1.10. The zero-order valence-corrected chi connectivity index (χ0v) is 12.1. The fraction of sp³-hybridized carbons (Fsp3) is 0.600. The van der Waals surface area contributed by atoms with Gasteiger partial charge in [-0.1, -0.05) is 13.0 Å². The quantitative estimate of drug-likeness (QED) is 0.707. The summed E-state index contributed by atoms with van der Waals surface area (Å²) in [4.78, 5) is 0. The van der Waals surface area contributed by atoms with E-state index in [1.54, 1.807) is 7.11 Å². The molecular formula is C15H25NO3.